The van der Waals surface area contributed by atoms with E-state index in [0.29, 0.717) is 17.7 Å². The number of benzene rings is 2. The van der Waals surface area contributed by atoms with Crippen LogP contribution < -0.4 is 18.9 Å². The van der Waals surface area contributed by atoms with Gasteiger partial charge in [0.15, 0.2) is 7.83 Å². The van der Waals surface area contributed by atoms with E-state index in [1.807, 2.05) is 6.07 Å². The summed E-state index contributed by atoms with van der Waals surface area (Å²) in [6, 6.07) is 10.2. The Morgan fingerprint density at radius 1 is 0.968 bits per heavy atom. The molecule has 0 atom stereocenters. The summed E-state index contributed by atoms with van der Waals surface area (Å²) in [6.07, 6.45) is 0. The molecule has 0 amide bonds. The van der Waals surface area contributed by atoms with Crippen molar-refractivity contribution in [1.29, 1.82) is 0 Å². The fourth-order valence-electron chi connectivity index (χ4n) is 2.27. The van der Waals surface area contributed by atoms with Gasteiger partial charge in [-0.05, 0) is 75.2 Å². The minimum Gasteiger partial charge on any atom is -0.870 e. The van der Waals surface area contributed by atoms with Crippen LogP contribution in [0.2, 0.25) is 0 Å². The number of esters is 1. The van der Waals surface area contributed by atoms with Crippen LogP contribution in [0.4, 0.5) is 0 Å². The Balaban J connectivity index is 0.000000533. The smallest absolute Gasteiger partial charge is 0.870 e. The van der Waals surface area contributed by atoms with Crippen molar-refractivity contribution in [3.63, 3.8) is 0 Å². The molecule has 4 N–H and O–H groups in total. The summed E-state index contributed by atoms with van der Waals surface area (Å²) in [5, 5.41) is 8.72. The van der Waals surface area contributed by atoms with Crippen LogP contribution in [0.5, 0.6) is 0 Å². The van der Waals surface area contributed by atoms with Gasteiger partial charge in [-0.25, -0.2) is 19.6 Å². The minimum absolute atomic E-state index is 0. The molecular formula is C18H15Br2LiN2O6S2. The van der Waals surface area contributed by atoms with Crippen molar-refractivity contribution in [3.05, 3.63) is 55.4 Å². The Kier molecular flexibility index (Phi) is 12.7. The third-order valence-corrected chi connectivity index (χ3v) is 6.42. The second-order valence-corrected chi connectivity index (χ2v) is 9.94. The third-order valence-electron chi connectivity index (χ3n) is 3.48. The summed E-state index contributed by atoms with van der Waals surface area (Å²) in [5.74, 6) is -1.20. The molecule has 0 fully saturated rings. The predicted octanol–water partition coefficient (Wildman–Crippen LogP) is 2.00. The molecule has 0 unspecified atom stereocenters. The van der Waals surface area contributed by atoms with Crippen molar-refractivity contribution in [2.45, 2.75) is 6.92 Å². The van der Waals surface area contributed by atoms with E-state index in [9.17, 15) is 9.59 Å². The van der Waals surface area contributed by atoms with Crippen LogP contribution in [-0.4, -0.2) is 44.6 Å². The average Bonchev–Trinajstić information content (AvgIpc) is 3.21. The van der Waals surface area contributed by atoms with Crippen molar-refractivity contribution >= 4 is 86.9 Å². The number of fused-ring (bicyclic) bond motifs is 2. The number of hydrogen-bond donors (Lipinski definition) is 1. The molecule has 4 aromatic rings. The fraction of sp³-hybridized carbons (Fsp3) is 0.111. The van der Waals surface area contributed by atoms with E-state index in [2.05, 4.69) is 41.8 Å². The zero-order valence-corrected chi connectivity index (χ0v) is 21.1. The van der Waals surface area contributed by atoms with Gasteiger partial charge < -0.3 is 20.8 Å². The largest absolute Gasteiger partial charge is 1.00 e. The molecule has 31 heavy (non-hydrogen) atoms. The molecule has 2 heterocycles. The average molecular weight is 586 g/mol. The maximum atomic E-state index is 11.4. The van der Waals surface area contributed by atoms with E-state index in [0.717, 1.165) is 28.3 Å². The van der Waals surface area contributed by atoms with Gasteiger partial charge in [0.05, 0.1) is 38.2 Å². The third kappa shape index (κ3) is 7.62. The van der Waals surface area contributed by atoms with Crippen LogP contribution in [0, 0.1) is 0 Å². The van der Waals surface area contributed by atoms with Crippen molar-refractivity contribution < 1.29 is 49.2 Å². The quantitative estimate of drug-likeness (QED) is 0.285. The predicted molar refractivity (Wildman–Crippen MR) is 123 cm³/mol. The van der Waals surface area contributed by atoms with Crippen LogP contribution in [0.25, 0.3) is 20.4 Å². The number of ether oxygens (including phenoxy) is 1. The van der Waals surface area contributed by atoms with Gasteiger partial charge in [0.1, 0.15) is 0 Å². The first-order valence-electron chi connectivity index (χ1n) is 7.90. The second-order valence-electron chi connectivity index (χ2n) is 5.32. The molecular weight excluding hydrogens is 571 g/mol. The van der Waals surface area contributed by atoms with Gasteiger partial charge in [0.25, 0.3) is 0 Å². The van der Waals surface area contributed by atoms with Gasteiger partial charge in [-0.15, -0.1) is 22.7 Å². The maximum Gasteiger partial charge on any atom is 1.00 e. The molecule has 13 heteroatoms. The van der Waals surface area contributed by atoms with Gasteiger partial charge in [0.2, 0.25) is 0 Å². The topological polar surface area (TPSA) is 151 Å². The molecule has 8 nitrogen and oxygen atoms in total. The van der Waals surface area contributed by atoms with Crippen LogP contribution in [-0.2, 0) is 4.74 Å². The van der Waals surface area contributed by atoms with E-state index in [1.54, 1.807) is 37.3 Å². The van der Waals surface area contributed by atoms with Crippen LogP contribution in [0.3, 0.4) is 0 Å². The first-order valence-corrected chi connectivity index (χ1v) is 11.1. The molecule has 0 aliphatic carbocycles. The van der Waals surface area contributed by atoms with Crippen LogP contribution >= 0.6 is 54.5 Å². The molecule has 4 rings (SSSR count). The zero-order chi connectivity index (χ0) is 20.3. The molecule has 0 bridgehead atoms. The van der Waals surface area contributed by atoms with E-state index in [4.69, 9.17) is 9.84 Å². The van der Waals surface area contributed by atoms with Crippen molar-refractivity contribution in [2.75, 3.05) is 6.61 Å². The van der Waals surface area contributed by atoms with Crippen LogP contribution in [0.1, 0.15) is 27.6 Å². The van der Waals surface area contributed by atoms with Gasteiger partial charge in [-0.3, -0.25) is 0 Å². The van der Waals surface area contributed by atoms with Crippen molar-refractivity contribution in [1.82, 2.24) is 9.97 Å². The number of halogens is 2. The normalized spacial score (nSPS) is 9.52. The number of carboxylic acid groups (broad SMARTS) is 1. The Morgan fingerprint density at radius 2 is 1.42 bits per heavy atom. The molecule has 0 aliphatic heterocycles. The molecule has 160 valence electrons. The number of thiazole rings is 2. The van der Waals surface area contributed by atoms with E-state index in [1.165, 1.54) is 22.7 Å². The number of aromatic carboxylic acids is 1. The molecule has 2 aromatic carbocycles. The summed E-state index contributed by atoms with van der Waals surface area (Å²) in [7, 11) is 0. The molecule has 0 radical (unpaired) electrons. The first-order chi connectivity index (χ1) is 13.4. The van der Waals surface area contributed by atoms with E-state index in [-0.39, 0.29) is 35.8 Å². The Bertz CT molecular complexity index is 1180. The summed E-state index contributed by atoms with van der Waals surface area (Å²) in [6.45, 7) is 2.18. The number of aromatic nitrogens is 2. The summed E-state index contributed by atoms with van der Waals surface area (Å²) >= 11 is 9.48. The number of carbonyl (C=O) groups is 2. The molecule has 0 spiro atoms. The summed E-state index contributed by atoms with van der Waals surface area (Å²) < 4.78 is 8.36. The van der Waals surface area contributed by atoms with Gasteiger partial charge in [-0.2, -0.15) is 0 Å². The number of carboxylic acids is 1. The molecule has 2 aromatic heterocycles. The van der Waals surface area contributed by atoms with Gasteiger partial charge in [-0.1, -0.05) is 0 Å². The summed E-state index contributed by atoms with van der Waals surface area (Å²) in [5.41, 5.74) is 2.57. The number of hydrogen-bond acceptors (Lipinski definition) is 8. The van der Waals surface area contributed by atoms with Crippen molar-refractivity contribution in [2.24, 2.45) is 0 Å². The Morgan fingerprint density at radius 3 is 1.87 bits per heavy atom. The first kappa shape index (κ1) is 29.6. The number of nitrogens with zero attached hydrogens (tertiary/aromatic N) is 2. The second kappa shape index (κ2) is 13.2. The molecule has 0 aliphatic rings. The zero-order valence-electron chi connectivity index (χ0n) is 16.3. The van der Waals surface area contributed by atoms with Gasteiger partial charge >= 0.3 is 30.8 Å². The number of rotatable bonds is 3. The fourth-order valence-corrected chi connectivity index (χ4v) is 5.16. The molecule has 0 saturated carbocycles. The standard InChI is InChI=1S/C10H8BrNO2S.C8H4BrNO2S.Li.2H2O/c1-2-14-9(13)6-3-4-7-8(5-6)15-10(11)12-7;9-8-10-5-2-1-4(7(11)12)3-6(5)13-8;;;/h3-5H,2H2,1H3;1-3H,(H,11,12);;2*1H2/q;;+1;;/p-1. The minimum atomic E-state index is -0.911. The summed E-state index contributed by atoms with van der Waals surface area (Å²) in [4.78, 5) is 30.5. The van der Waals surface area contributed by atoms with Crippen molar-refractivity contribution in [3.8, 4) is 0 Å². The Labute approximate surface area is 213 Å². The van der Waals surface area contributed by atoms with Gasteiger partial charge in [0, 0.05) is 0 Å². The van der Waals surface area contributed by atoms with E-state index >= 15 is 0 Å². The van der Waals surface area contributed by atoms with Crippen LogP contribution in [0.15, 0.2) is 44.2 Å². The monoisotopic (exact) mass is 584 g/mol. The molecule has 0 saturated heterocycles. The number of carbonyl (C=O) groups excluding carboxylic acids is 1. The SMILES string of the molecule is CCOC(=O)c1ccc2nc(Br)sc2c1.O.O=C(O)c1ccc2nc(Br)sc2c1.[Li+].[OH-]. The maximum absolute atomic E-state index is 11.4. The van der Waals surface area contributed by atoms with E-state index < -0.39 is 5.97 Å². The Hall–Kier alpha value is -1.36.